The quantitative estimate of drug-likeness (QED) is 0.780. The molecule has 2 amide bonds. The molecule has 0 spiro atoms. The Morgan fingerprint density at radius 2 is 1.76 bits per heavy atom. The van der Waals surface area contributed by atoms with Crippen LogP contribution in [0.2, 0.25) is 0 Å². The fourth-order valence-corrected chi connectivity index (χ4v) is 3.47. The number of hydrogen-bond acceptors (Lipinski definition) is 4. The van der Waals surface area contributed by atoms with E-state index in [4.69, 9.17) is 4.74 Å². The highest BCUT2D eigenvalue weighted by Crippen LogP contribution is 2.26. The van der Waals surface area contributed by atoms with Gasteiger partial charge in [-0.25, -0.2) is 0 Å². The van der Waals surface area contributed by atoms with Crippen LogP contribution in [0.15, 0.2) is 48.5 Å². The second kappa shape index (κ2) is 10.1. The van der Waals surface area contributed by atoms with Crippen molar-refractivity contribution < 1.29 is 14.3 Å². The van der Waals surface area contributed by atoms with Crippen LogP contribution in [0.1, 0.15) is 25.8 Å². The Morgan fingerprint density at radius 1 is 1.07 bits per heavy atom. The Kier molecular flexibility index (Phi) is 7.25. The first-order chi connectivity index (χ1) is 14.1. The van der Waals surface area contributed by atoms with E-state index in [1.807, 2.05) is 48.5 Å². The average molecular weight is 396 g/mol. The summed E-state index contributed by atoms with van der Waals surface area (Å²) in [4.78, 5) is 28.6. The summed E-state index contributed by atoms with van der Waals surface area (Å²) in [6, 6.07) is 15.7. The van der Waals surface area contributed by atoms with Crippen LogP contribution in [0.25, 0.3) is 0 Å². The molecule has 0 atom stereocenters. The van der Waals surface area contributed by atoms with Crippen molar-refractivity contribution >= 4 is 28.9 Å². The third-order valence-electron chi connectivity index (χ3n) is 5.13. The minimum Gasteiger partial charge on any atom is -0.378 e. The third-order valence-corrected chi connectivity index (χ3v) is 5.13. The van der Waals surface area contributed by atoms with E-state index in [9.17, 15) is 9.59 Å². The number of aryl methyl sites for hydroxylation is 1. The first kappa shape index (κ1) is 20.9. The Balaban J connectivity index is 1.63. The molecule has 0 unspecified atom stereocenters. The van der Waals surface area contributed by atoms with Gasteiger partial charge in [0.25, 0.3) is 0 Å². The third kappa shape index (κ3) is 5.57. The number of carbonyl (C=O) groups is 2. The lowest BCUT2D eigenvalue weighted by molar-refractivity contribution is -0.117. The van der Waals surface area contributed by atoms with Gasteiger partial charge in [0.1, 0.15) is 0 Å². The Bertz CT molecular complexity index is 830. The second-order valence-corrected chi connectivity index (χ2v) is 7.11. The van der Waals surface area contributed by atoms with Gasteiger partial charge in [0.15, 0.2) is 0 Å². The van der Waals surface area contributed by atoms with E-state index in [-0.39, 0.29) is 18.2 Å². The van der Waals surface area contributed by atoms with Gasteiger partial charge in [-0.1, -0.05) is 31.2 Å². The zero-order valence-corrected chi connectivity index (χ0v) is 17.2. The number of ether oxygens (including phenoxy) is 1. The molecule has 0 aromatic heterocycles. The molecule has 0 bridgehead atoms. The average Bonchev–Trinajstić information content (AvgIpc) is 2.75. The molecule has 29 heavy (non-hydrogen) atoms. The molecule has 2 aromatic rings. The number of nitrogens with one attached hydrogen (secondary N) is 1. The van der Waals surface area contributed by atoms with Crippen LogP contribution in [0.4, 0.5) is 17.1 Å². The predicted octanol–water partition coefficient (Wildman–Crippen LogP) is 3.47. The molecule has 154 valence electrons. The minimum atomic E-state index is -0.109. The van der Waals surface area contributed by atoms with Crippen molar-refractivity contribution in [2.75, 3.05) is 48.0 Å². The largest absolute Gasteiger partial charge is 0.378 e. The number of anilines is 3. The van der Waals surface area contributed by atoms with Gasteiger partial charge in [-0.05, 0) is 36.2 Å². The van der Waals surface area contributed by atoms with Gasteiger partial charge in [-0.3, -0.25) is 9.59 Å². The summed E-state index contributed by atoms with van der Waals surface area (Å²) in [7, 11) is 0. The SMILES string of the molecule is CCc1ccc(N(CCC(=O)Nc2ccccc2N2CCOCC2)C(C)=O)cc1. The monoisotopic (exact) mass is 395 g/mol. The molecule has 6 nitrogen and oxygen atoms in total. The van der Waals surface area contributed by atoms with E-state index >= 15 is 0 Å². The first-order valence-electron chi connectivity index (χ1n) is 10.2. The Morgan fingerprint density at radius 3 is 2.41 bits per heavy atom. The fraction of sp³-hybridized carbons (Fsp3) is 0.391. The molecule has 6 heteroatoms. The van der Waals surface area contributed by atoms with Crippen molar-refractivity contribution in [2.24, 2.45) is 0 Å². The highest BCUT2D eigenvalue weighted by Gasteiger charge is 2.17. The van der Waals surface area contributed by atoms with E-state index in [0.717, 1.165) is 36.6 Å². The van der Waals surface area contributed by atoms with E-state index in [1.165, 1.54) is 12.5 Å². The maximum atomic E-state index is 12.6. The molecule has 2 aromatic carbocycles. The topological polar surface area (TPSA) is 61.9 Å². The predicted molar refractivity (Wildman–Crippen MR) is 117 cm³/mol. The number of rotatable bonds is 7. The van der Waals surface area contributed by atoms with Crippen molar-refractivity contribution in [1.29, 1.82) is 0 Å². The van der Waals surface area contributed by atoms with Crippen LogP contribution in [0.5, 0.6) is 0 Å². The molecule has 0 aliphatic carbocycles. The van der Waals surface area contributed by atoms with Crippen LogP contribution in [0, 0.1) is 0 Å². The summed E-state index contributed by atoms with van der Waals surface area (Å²) < 4.78 is 5.42. The second-order valence-electron chi connectivity index (χ2n) is 7.11. The molecule has 1 aliphatic rings. The van der Waals surface area contributed by atoms with Crippen molar-refractivity contribution in [3.63, 3.8) is 0 Å². The van der Waals surface area contributed by atoms with E-state index in [2.05, 4.69) is 17.1 Å². The number of amides is 2. The summed E-state index contributed by atoms with van der Waals surface area (Å²) in [5.41, 5.74) is 3.83. The van der Waals surface area contributed by atoms with E-state index in [0.29, 0.717) is 19.8 Å². The van der Waals surface area contributed by atoms with Gasteiger partial charge < -0.3 is 19.9 Å². The number of nitrogens with zero attached hydrogens (tertiary/aromatic N) is 2. The molecular weight excluding hydrogens is 366 g/mol. The fourth-order valence-electron chi connectivity index (χ4n) is 3.47. The lowest BCUT2D eigenvalue weighted by atomic mass is 10.1. The van der Waals surface area contributed by atoms with Crippen LogP contribution >= 0.6 is 0 Å². The molecular formula is C23H29N3O3. The standard InChI is InChI=1S/C23H29N3O3/c1-3-19-8-10-20(11-9-19)26(18(2)27)13-12-23(28)24-21-6-4-5-7-22(21)25-14-16-29-17-15-25/h4-11H,3,12-17H2,1-2H3,(H,24,28). The zero-order valence-electron chi connectivity index (χ0n) is 17.2. The molecule has 1 N–H and O–H groups in total. The number of para-hydroxylation sites is 2. The van der Waals surface area contributed by atoms with Gasteiger partial charge in [0.2, 0.25) is 11.8 Å². The highest BCUT2D eigenvalue weighted by atomic mass is 16.5. The Hall–Kier alpha value is -2.86. The molecule has 3 rings (SSSR count). The lowest BCUT2D eigenvalue weighted by Gasteiger charge is -2.30. The molecule has 1 aliphatic heterocycles. The van der Waals surface area contributed by atoms with Crippen molar-refractivity contribution in [3.8, 4) is 0 Å². The smallest absolute Gasteiger partial charge is 0.226 e. The lowest BCUT2D eigenvalue weighted by Crippen LogP contribution is -2.37. The number of carbonyl (C=O) groups excluding carboxylic acids is 2. The molecule has 0 radical (unpaired) electrons. The summed E-state index contributed by atoms with van der Waals surface area (Å²) in [5, 5.41) is 3.01. The van der Waals surface area contributed by atoms with Gasteiger partial charge >= 0.3 is 0 Å². The van der Waals surface area contributed by atoms with Crippen molar-refractivity contribution in [2.45, 2.75) is 26.7 Å². The summed E-state index contributed by atoms with van der Waals surface area (Å²) in [6.07, 6.45) is 1.18. The maximum Gasteiger partial charge on any atom is 0.226 e. The minimum absolute atomic E-state index is 0.0734. The summed E-state index contributed by atoms with van der Waals surface area (Å²) in [6.45, 7) is 6.94. The first-order valence-corrected chi connectivity index (χ1v) is 10.2. The van der Waals surface area contributed by atoms with Gasteiger partial charge in [-0.15, -0.1) is 0 Å². The van der Waals surface area contributed by atoms with E-state index < -0.39 is 0 Å². The number of hydrogen-bond donors (Lipinski definition) is 1. The number of benzene rings is 2. The van der Waals surface area contributed by atoms with Crippen molar-refractivity contribution in [3.05, 3.63) is 54.1 Å². The summed E-state index contributed by atoms with van der Waals surface area (Å²) in [5.74, 6) is -0.182. The van der Waals surface area contributed by atoms with Gasteiger partial charge in [0.05, 0.1) is 24.6 Å². The molecule has 1 fully saturated rings. The van der Waals surface area contributed by atoms with Crippen LogP contribution in [-0.4, -0.2) is 44.7 Å². The van der Waals surface area contributed by atoms with Gasteiger partial charge in [0, 0.05) is 38.7 Å². The van der Waals surface area contributed by atoms with Crippen molar-refractivity contribution in [1.82, 2.24) is 0 Å². The van der Waals surface area contributed by atoms with Gasteiger partial charge in [-0.2, -0.15) is 0 Å². The zero-order chi connectivity index (χ0) is 20.6. The van der Waals surface area contributed by atoms with E-state index in [1.54, 1.807) is 4.90 Å². The highest BCUT2D eigenvalue weighted by molar-refractivity contribution is 5.96. The maximum absolute atomic E-state index is 12.6. The Labute approximate surface area is 172 Å². The summed E-state index contributed by atoms with van der Waals surface area (Å²) >= 11 is 0. The molecule has 1 saturated heterocycles. The van der Waals surface area contributed by atoms with Crippen LogP contribution in [-0.2, 0) is 20.7 Å². The molecule has 0 saturated carbocycles. The normalized spacial score (nSPS) is 13.8. The van der Waals surface area contributed by atoms with Crippen LogP contribution in [0.3, 0.4) is 0 Å². The number of morpholine rings is 1. The molecule has 1 heterocycles. The van der Waals surface area contributed by atoms with Crippen LogP contribution < -0.4 is 15.1 Å².